The van der Waals surface area contributed by atoms with Crippen LogP contribution in [0.4, 0.5) is 5.69 Å². The molecule has 1 aliphatic heterocycles. The highest BCUT2D eigenvalue weighted by Gasteiger charge is 2.42. The Morgan fingerprint density at radius 3 is 2.56 bits per heavy atom. The first-order valence-electron chi connectivity index (χ1n) is 4.76. The molecule has 16 heavy (non-hydrogen) atoms. The molecule has 1 aromatic rings. The third kappa shape index (κ3) is 1.56. The van der Waals surface area contributed by atoms with Gasteiger partial charge in [-0.05, 0) is 23.1 Å². The molecule has 2 rings (SSSR count). The van der Waals surface area contributed by atoms with Crippen LogP contribution in [0.2, 0.25) is 0 Å². The number of nitrogens with zero attached hydrogens (tertiary/aromatic N) is 3. The zero-order valence-electron chi connectivity index (χ0n) is 8.28. The topological polar surface area (TPSA) is 89.5 Å². The lowest BCUT2D eigenvalue weighted by Gasteiger charge is -2.24. The summed E-state index contributed by atoms with van der Waals surface area (Å²) in [6.45, 7) is 0. The summed E-state index contributed by atoms with van der Waals surface area (Å²) in [6.07, 6.45) is -0.623. The number of hydrogen-bond donors (Lipinski definition) is 0. The summed E-state index contributed by atoms with van der Waals surface area (Å²) >= 11 is 0. The fraction of sp³-hybridized carbons (Fsp3) is 0.333. The van der Waals surface area contributed by atoms with Crippen LogP contribution in [0, 0.1) is 20.2 Å². The Morgan fingerprint density at radius 2 is 1.94 bits per heavy atom. The second-order valence-corrected chi connectivity index (χ2v) is 3.52. The number of hydrogen-bond acceptors (Lipinski definition) is 4. The molecule has 0 fully saturated rings. The molecule has 0 radical (unpaired) electrons. The average Bonchev–Trinajstić information content (AvgIpc) is 2.27. The molecule has 0 amide bonds. The SMILES string of the molecule is O=[N+]([O-])C1CCc2ccccc2N1[N+](=O)[O-]. The van der Waals surface area contributed by atoms with E-state index in [0.29, 0.717) is 17.1 Å². The summed E-state index contributed by atoms with van der Waals surface area (Å²) in [5.74, 6) is 0. The van der Waals surface area contributed by atoms with E-state index in [1.807, 2.05) is 0 Å². The number of nitro groups is 2. The normalized spacial score (nSPS) is 19.0. The number of aryl methyl sites for hydroxylation is 1. The fourth-order valence-corrected chi connectivity index (χ4v) is 1.90. The molecule has 0 saturated carbocycles. The van der Waals surface area contributed by atoms with Gasteiger partial charge in [0.25, 0.3) is 0 Å². The minimum absolute atomic E-state index is 0.158. The predicted octanol–water partition coefficient (Wildman–Crippen LogP) is 1.23. The lowest BCUT2D eigenvalue weighted by molar-refractivity contribution is -0.601. The van der Waals surface area contributed by atoms with Crippen LogP contribution in [-0.2, 0) is 6.42 Å². The maximum absolute atomic E-state index is 10.9. The molecule has 1 aliphatic rings. The van der Waals surface area contributed by atoms with E-state index >= 15 is 0 Å². The molecule has 1 unspecified atom stereocenters. The lowest BCUT2D eigenvalue weighted by Crippen LogP contribution is -2.47. The van der Waals surface area contributed by atoms with Crippen molar-refractivity contribution in [3.05, 3.63) is 50.1 Å². The summed E-state index contributed by atoms with van der Waals surface area (Å²) in [5, 5.41) is 21.5. The van der Waals surface area contributed by atoms with Crippen LogP contribution in [-0.4, -0.2) is 16.1 Å². The maximum Gasteiger partial charge on any atom is 0.342 e. The monoisotopic (exact) mass is 223 g/mol. The maximum atomic E-state index is 10.9. The lowest BCUT2D eigenvalue weighted by atomic mass is 10.0. The first-order chi connectivity index (χ1) is 7.61. The third-order valence-corrected chi connectivity index (χ3v) is 2.61. The minimum Gasteiger partial charge on any atom is -0.262 e. The van der Waals surface area contributed by atoms with E-state index in [4.69, 9.17) is 0 Å². The van der Waals surface area contributed by atoms with Crippen molar-refractivity contribution in [2.45, 2.75) is 19.0 Å². The molecular formula is C9H9N3O4. The molecular weight excluding hydrogens is 214 g/mol. The molecule has 0 aromatic heterocycles. The smallest absolute Gasteiger partial charge is 0.262 e. The quantitative estimate of drug-likeness (QED) is 0.555. The molecule has 0 saturated heterocycles. The molecule has 1 heterocycles. The highest BCUT2D eigenvalue weighted by Crippen LogP contribution is 2.30. The van der Waals surface area contributed by atoms with Gasteiger partial charge in [0.05, 0.1) is 4.92 Å². The predicted molar refractivity (Wildman–Crippen MR) is 55.0 cm³/mol. The van der Waals surface area contributed by atoms with Crippen LogP contribution >= 0.6 is 0 Å². The van der Waals surface area contributed by atoms with Gasteiger partial charge in [0.15, 0.2) is 5.03 Å². The van der Waals surface area contributed by atoms with E-state index < -0.39 is 16.1 Å². The van der Waals surface area contributed by atoms with E-state index in [-0.39, 0.29) is 6.42 Å². The summed E-state index contributed by atoms with van der Waals surface area (Å²) in [7, 11) is 0. The van der Waals surface area contributed by atoms with Gasteiger partial charge in [-0.2, -0.15) is 0 Å². The largest absolute Gasteiger partial charge is 0.342 e. The average molecular weight is 223 g/mol. The zero-order valence-corrected chi connectivity index (χ0v) is 8.28. The highest BCUT2D eigenvalue weighted by atomic mass is 16.7. The number of fused-ring (bicyclic) bond motifs is 1. The molecule has 0 spiro atoms. The van der Waals surface area contributed by atoms with Crippen molar-refractivity contribution >= 4 is 5.69 Å². The third-order valence-electron chi connectivity index (χ3n) is 2.61. The van der Waals surface area contributed by atoms with Crippen LogP contribution in [0.25, 0.3) is 0 Å². The number of para-hydroxylation sites is 1. The Bertz CT molecular complexity index is 448. The van der Waals surface area contributed by atoms with Crippen LogP contribution in [0.5, 0.6) is 0 Å². The first-order valence-corrected chi connectivity index (χ1v) is 4.76. The second kappa shape index (κ2) is 3.76. The van der Waals surface area contributed by atoms with Gasteiger partial charge in [0.1, 0.15) is 5.69 Å². The van der Waals surface area contributed by atoms with Crippen LogP contribution in [0.15, 0.2) is 24.3 Å². The molecule has 7 heteroatoms. The Kier molecular flexibility index (Phi) is 2.43. The summed E-state index contributed by atoms with van der Waals surface area (Å²) in [4.78, 5) is 21.0. The van der Waals surface area contributed by atoms with Crippen LogP contribution < -0.4 is 5.01 Å². The van der Waals surface area contributed by atoms with E-state index in [9.17, 15) is 20.2 Å². The van der Waals surface area contributed by atoms with Crippen molar-refractivity contribution in [2.75, 3.05) is 5.01 Å². The van der Waals surface area contributed by atoms with Crippen molar-refractivity contribution < 1.29 is 9.96 Å². The van der Waals surface area contributed by atoms with Crippen molar-refractivity contribution in [2.24, 2.45) is 0 Å². The zero-order chi connectivity index (χ0) is 11.7. The van der Waals surface area contributed by atoms with Crippen molar-refractivity contribution in [3.63, 3.8) is 0 Å². The van der Waals surface area contributed by atoms with E-state index in [0.717, 1.165) is 5.56 Å². The number of benzene rings is 1. The molecule has 0 N–H and O–H groups in total. The van der Waals surface area contributed by atoms with Gasteiger partial charge < -0.3 is 0 Å². The Labute approximate surface area is 90.6 Å². The van der Waals surface area contributed by atoms with Gasteiger partial charge in [0.2, 0.25) is 0 Å². The number of hydrazine groups is 1. The number of anilines is 1. The minimum atomic E-state index is -1.27. The standard InChI is InChI=1S/C9H9N3O4/c13-11(14)9-6-5-7-3-1-2-4-8(7)10(9)12(15)16/h1-4,9H,5-6H2. The van der Waals surface area contributed by atoms with Crippen molar-refractivity contribution in [3.8, 4) is 0 Å². The van der Waals surface area contributed by atoms with Gasteiger partial charge >= 0.3 is 6.17 Å². The molecule has 1 aromatic carbocycles. The van der Waals surface area contributed by atoms with E-state index in [2.05, 4.69) is 0 Å². The van der Waals surface area contributed by atoms with E-state index in [1.54, 1.807) is 18.2 Å². The van der Waals surface area contributed by atoms with Crippen LogP contribution in [0.1, 0.15) is 12.0 Å². The van der Waals surface area contributed by atoms with Crippen molar-refractivity contribution in [1.29, 1.82) is 0 Å². The van der Waals surface area contributed by atoms with Gasteiger partial charge in [-0.1, -0.05) is 18.2 Å². The molecule has 0 bridgehead atoms. The van der Waals surface area contributed by atoms with Gasteiger partial charge in [-0.15, -0.1) is 0 Å². The Morgan fingerprint density at radius 1 is 1.25 bits per heavy atom. The summed E-state index contributed by atoms with van der Waals surface area (Å²) in [5.41, 5.74) is 1.10. The Balaban J connectivity index is 2.47. The Hall–Kier alpha value is -2.18. The molecule has 0 aliphatic carbocycles. The highest BCUT2D eigenvalue weighted by molar-refractivity contribution is 5.53. The van der Waals surface area contributed by atoms with E-state index in [1.165, 1.54) is 6.07 Å². The molecule has 7 nitrogen and oxygen atoms in total. The molecule has 84 valence electrons. The van der Waals surface area contributed by atoms with Crippen LogP contribution in [0.3, 0.4) is 0 Å². The first kappa shape index (κ1) is 10.3. The van der Waals surface area contributed by atoms with Gasteiger partial charge in [-0.3, -0.25) is 10.1 Å². The summed E-state index contributed by atoms with van der Waals surface area (Å²) < 4.78 is 0. The van der Waals surface area contributed by atoms with Crippen molar-refractivity contribution in [1.82, 2.24) is 0 Å². The second-order valence-electron chi connectivity index (χ2n) is 3.52. The summed E-state index contributed by atoms with van der Waals surface area (Å²) in [6, 6.07) is 6.69. The van der Waals surface area contributed by atoms with Gasteiger partial charge in [-0.25, -0.2) is 10.1 Å². The van der Waals surface area contributed by atoms with Gasteiger partial charge in [0, 0.05) is 6.42 Å². The fourth-order valence-electron chi connectivity index (χ4n) is 1.90. The number of rotatable bonds is 2. The molecule has 1 atom stereocenters.